The molecule has 1 saturated heterocycles. The van der Waals surface area contributed by atoms with Gasteiger partial charge in [-0.25, -0.2) is 0 Å². The Bertz CT molecular complexity index is 1250. The maximum atomic E-state index is 13.6. The third-order valence-corrected chi connectivity index (χ3v) is 7.28. The predicted molar refractivity (Wildman–Crippen MR) is 150 cm³/mol. The first-order valence-corrected chi connectivity index (χ1v) is 13.2. The summed E-state index contributed by atoms with van der Waals surface area (Å²) in [7, 11) is 0. The normalized spacial score (nSPS) is 19.9. The molecule has 206 valence electrons. The average molecular weight is 533 g/mol. The van der Waals surface area contributed by atoms with E-state index in [1.807, 2.05) is 30.3 Å². The summed E-state index contributed by atoms with van der Waals surface area (Å²) in [5.41, 5.74) is 0.702. The molecule has 2 aromatic carbocycles. The number of amides is 3. The topological polar surface area (TPSA) is 113 Å². The van der Waals surface area contributed by atoms with Crippen LogP contribution in [-0.2, 0) is 26.5 Å². The van der Waals surface area contributed by atoms with E-state index < -0.39 is 17.4 Å². The van der Waals surface area contributed by atoms with Gasteiger partial charge in [-0.05, 0) is 23.8 Å². The van der Waals surface area contributed by atoms with E-state index in [0.717, 1.165) is 5.56 Å². The molecule has 2 aromatic rings. The van der Waals surface area contributed by atoms with Gasteiger partial charge in [0.05, 0.1) is 18.8 Å². The Hall–Kier alpha value is -3.79. The van der Waals surface area contributed by atoms with Crippen LogP contribution in [0.25, 0.3) is 0 Å². The van der Waals surface area contributed by atoms with E-state index in [9.17, 15) is 24.6 Å². The molecule has 1 fully saturated rings. The molecule has 0 radical (unpaired) electrons. The molecule has 0 aliphatic carbocycles. The molecule has 2 atom stereocenters. The highest BCUT2D eigenvalue weighted by Gasteiger charge is 2.52. The molecule has 0 saturated carbocycles. The summed E-state index contributed by atoms with van der Waals surface area (Å²) in [6.07, 6.45) is 5.00. The summed E-state index contributed by atoms with van der Waals surface area (Å²) in [6.45, 7) is 7.51. The first kappa shape index (κ1) is 28.2. The number of carbonyl (C=O) groups is 3. The fourth-order valence-corrected chi connectivity index (χ4v) is 5.15. The second-order valence-corrected chi connectivity index (χ2v) is 9.84. The summed E-state index contributed by atoms with van der Waals surface area (Å²) in [4.78, 5) is 43.7. The lowest BCUT2D eigenvalue weighted by atomic mass is 9.82. The van der Waals surface area contributed by atoms with Gasteiger partial charge in [0.1, 0.15) is 0 Å². The molecule has 0 spiro atoms. The average Bonchev–Trinajstić information content (AvgIpc) is 3.16. The number of hydrogen-bond donors (Lipinski definition) is 3. The molecule has 39 heavy (non-hydrogen) atoms. The van der Waals surface area contributed by atoms with Crippen molar-refractivity contribution < 1.29 is 24.6 Å². The van der Waals surface area contributed by atoms with E-state index in [1.54, 1.807) is 53.2 Å². The third-order valence-electron chi connectivity index (χ3n) is 7.28. The van der Waals surface area contributed by atoms with Crippen molar-refractivity contribution >= 4 is 29.1 Å². The van der Waals surface area contributed by atoms with Crippen LogP contribution in [0.5, 0.6) is 0 Å². The maximum Gasteiger partial charge on any atom is 0.264 e. The summed E-state index contributed by atoms with van der Waals surface area (Å²) in [5, 5.41) is 24.4. The Morgan fingerprint density at radius 3 is 2.69 bits per heavy atom. The lowest BCUT2D eigenvalue weighted by Gasteiger charge is -2.30. The number of carbonyl (C=O) groups excluding carboxylic acids is 3. The molecule has 9 heteroatoms. The van der Waals surface area contributed by atoms with Crippen LogP contribution in [-0.4, -0.2) is 72.2 Å². The number of hydrogen-bond acceptors (Lipinski definition) is 6. The number of piperazine rings is 1. The molecule has 3 N–H and O–H groups in total. The molecule has 0 unspecified atom stereocenters. The number of aliphatic hydroxyl groups excluding tert-OH is 1. The second-order valence-electron chi connectivity index (χ2n) is 9.84. The van der Waals surface area contributed by atoms with Crippen molar-refractivity contribution in [2.45, 2.75) is 25.5 Å². The quantitative estimate of drug-likeness (QED) is 0.382. The minimum absolute atomic E-state index is 0.0555. The Kier molecular flexibility index (Phi) is 8.96. The van der Waals surface area contributed by atoms with Gasteiger partial charge in [-0.15, -0.1) is 6.58 Å². The van der Waals surface area contributed by atoms with E-state index in [-0.39, 0.29) is 44.5 Å². The molecule has 4 rings (SSSR count). The van der Waals surface area contributed by atoms with Crippen molar-refractivity contribution in [1.82, 2.24) is 10.2 Å². The number of aliphatic hydroxyl groups is 2. The summed E-state index contributed by atoms with van der Waals surface area (Å²) in [6, 6.07) is 14.8. The van der Waals surface area contributed by atoms with E-state index in [4.69, 9.17) is 0 Å². The van der Waals surface area contributed by atoms with Gasteiger partial charge in [0.15, 0.2) is 5.60 Å². The number of fused-ring (bicyclic) bond motifs is 1. The summed E-state index contributed by atoms with van der Waals surface area (Å²) < 4.78 is 0. The molecule has 3 amide bonds. The number of nitrogens with one attached hydrogen (secondary N) is 1. The molecular weight excluding hydrogens is 496 g/mol. The Morgan fingerprint density at radius 2 is 2.00 bits per heavy atom. The van der Waals surface area contributed by atoms with E-state index in [2.05, 4.69) is 11.9 Å². The largest absolute Gasteiger partial charge is 0.395 e. The fourth-order valence-electron chi connectivity index (χ4n) is 5.15. The number of anilines is 2. The van der Waals surface area contributed by atoms with Crippen molar-refractivity contribution in [3.8, 4) is 0 Å². The minimum atomic E-state index is -1.88. The van der Waals surface area contributed by atoms with Crippen molar-refractivity contribution in [2.75, 3.05) is 49.1 Å². The maximum absolute atomic E-state index is 13.6. The van der Waals surface area contributed by atoms with E-state index >= 15 is 0 Å². The van der Waals surface area contributed by atoms with Crippen LogP contribution in [0.15, 0.2) is 73.3 Å². The summed E-state index contributed by atoms with van der Waals surface area (Å²) >= 11 is 0. The SMILES string of the molecule is C=CCN1C(=O)[C@@](O)([C@@H](C)/C=C/CC(=O)N(CCO)Cc2ccccc2)c2cc(N3CCNCC3=O)ccc21. The van der Waals surface area contributed by atoms with Gasteiger partial charge in [0, 0.05) is 56.3 Å². The Morgan fingerprint density at radius 1 is 1.23 bits per heavy atom. The highest BCUT2D eigenvalue weighted by molar-refractivity contribution is 6.08. The number of benzene rings is 2. The Labute approximate surface area is 229 Å². The van der Waals surface area contributed by atoms with Crippen molar-refractivity contribution in [1.29, 1.82) is 0 Å². The second kappa shape index (κ2) is 12.4. The molecule has 0 bridgehead atoms. The first-order chi connectivity index (χ1) is 18.8. The summed E-state index contributed by atoms with van der Waals surface area (Å²) in [5.74, 6) is -1.39. The molecule has 9 nitrogen and oxygen atoms in total. The zero-order valence-corrected chi connectivity index (χ0v) is 22.3. The fraction of sp³-hybridized carbons (Fsp3) is 0.367. The van der Waals surface area contributed by atoms with Crippen molar-refractivity contribution in [2.24, 2.45) is 5.92 Å². The lowest BCUT2D eigenvalue weighted by Crippen LogP contribution is -2.48. The zero-order valence-electron chi connectivity index (χ0n) is 22.3. The molecule has 0 aromatic heterocycles. The Balaban J connectivity index is 1.56. The van der Waals surface area contributed by atoms with Gasteiger partial charge >= 0.3 is 0 Å². The molecule has 2 heterocycles. The van der Waals surface area contributed by atoms with E-state index in [0.29, 0.717) is 36.6 Å². The van der Waals surface area contributed by atoms with Gasteiger partial charge < -0.3 is 30.2 Å². The van der Waals surface area contributed by atoms with Crippen LogP contribution in [0.4, 0.5) is 11.4 Å². The molecule has 2 aliphatic heterocycles. The zero-order chi connectivity index (χ0) is 28.0. The van der Waals surface area contributed by atoms with Gasteiger partial charge in [0.25, 0.3) is 5.91 Å². The standard InChI is InChI=1S/C30H36N4O5/c1-3-15-34-26-13-12-24(33-16-14-31-20-28(33)37)19-25(26)30(39,29(34)38)22(2)8-7-11-27(36)32(17-18-35)21-23-9-5-4-6-10-23/h3-10,12-13,19,22,31,35,39H,1,11,14-18,20-21H2,2H3/b8-7+/t22-,30+/m0/s1. The van der Waals surface area contributed by atoms with Gasteiger partial charge in [-0.1, -0.05) is 55.5 Å². The molecule has 2 aliphatic rings. The van der Waals surface area contributed by atoms with Crippen molar-refractivity contribution in [3.05, 3.63) is 84.5 Å². The van der Waals surface area contributed by atoms with Gasteiger partial charge in [-0.3, -0.25) is 14.4 Å². The monoisotopic (exact) mass is 532 g/mol. The van der Waals surface area contributed by atoms with Gasteiger partial charge in [0.2, 0.25) is 11.8 Å². The van der Waals surface area contributed by atoms with Crippen LogP contribution in [0.1, 0.15) is 24.5 Å². The number of nitrogens with zero attached hydrogens (tertiary/aromatic N) is 3. The van der Waals surface area contributed by atoms with Crippen LogP contribution < -0.4 is 15.1 Å². The molecular formula is C30H36N4O5. The van der Waals surface area contributed by atoms with Crippen LogP contribution in [0.2, 0.25) is 0 Å². The van der Waals surface area contributed by atoms with E-state index in [1.165, 1.54) is 4.90 Å². The first-order valence-electron chi connectivity index (χ1n) is 13.2. The van der Waals surface area contributed by atoms with Crippen LogP contribution >= 0.6 is 0 Å². The smallest absolute Gasteiger partial charge is 0.264 e. The van der Waals surface area contributed by atoms with Crippen molar-refractivity contribution in [3.63, 3.8) is 0 Å². The van der Waals surface area contributed by atoms with Gasteiger partial charge in [-0.2, -0.15) is 0 Å². The van der Waals surface area contributed by atoms with Crippen LogP contribution in [0.3, 0.4) is 0 Å². The highest BCUT2D eigenvalue weighted by atomic mass is 16.3. The van der Waals surface area contributed by atoms with Crippen LogP contribution in [0, 0.1) is 5.92 Å². The third kappa shape index (κ3) is 5.80. The number of rotatable bonds is 11. The predicted octanol–water partition coefficient (Wildman–Crippen LogP) is 1.95. The minimum Gasteiger partial charge on any atom is -0.395 e. The highest BCUT2D eigenvalue weighted by Crippen LogP contribution is 2.46. The lowest BCUT2D eigenvalue weighted by molar-refractivity contribution is -0.139.